The molecule has 0 unspecified atom stereocenters. The van der Waals surface area contributed by atoms with E-state index >= 15 is 0 Å². The van der Waals surface area contributed by atoms with Gasteiger partial charge in [-0.05, 0) is 0 Å². The van der Waals surface area contributed by atoms with E-state index in [0.717, 1.165) is 11.5 Å². The van der Waals surface area contributed by atoms with Crippen LogP contribution in [-0.2, 0) is 24.3 Å². The van der Waals surface area contributed by atoms with Gasteiger partial charge >= 0.3 is 0 Å². The van der Waals surface area contributed by atoms with Crippen molar-refractivity contribution in [3.63, 3.8) is 0 Å². The van der Waals surface area contributed by atoms with Crippen molar-refractivity contribution in [1.29, 1.82) is 0 Å². The zero-order valence-electron chi connectivity index (χ0n) is 11.0. The molecule has 0 aliphatic carbocycles. The number of hydrogen-bond donors (Lipinski definition) is 1. The molecule has 0 spiro atoms. The Morgan fingerprint density at radius 1 is 1.60 bits per heavy atom. The van der Waals surface area contributed by atoms with Crippen molar-refractivity contribution < 1.29 is 13.9 Å². The Hall–Kier alpha value is -1.93. The Kier molecular flexibility index (Phi) is 3.41. The van der Waals surface area contributed by atoms with E-state index < -0.39 is 0 Å². The highest BCUT2D eigenvalue weighted by Crippen LogP contribution is 2.22. The minimum absolute atomic E-state index is 0.125. The number of hydrogen-bond acceptors (Lipinski definition) is 7. The summed E-state index contributed by atoms with van der Waals surface area (Å²) in [7, 11) is 1.59. The van der Waals surface area contributed by atoms with E-state index in [1.54, 1.807) is 17.4 Å². The molecule has 0 aromatic carbocycles. The number of oxazole rings is 1. The quantitative estimate of drug-likeness (QED) is 0.909. The molecule has 20 heavy (non-hydrogen) atoms. The van der Waals surface area contributed by atoms with Crippen molar-refractivity contribution in [2.75, 3.05) is 19.4 Å². The van der Waals surface area contributed by atoms with Crippen LogP contribution in [0.2, 0.25) is 0 Å². The lowest BCUT2D eigenvalue weighted by atomic mass is 10.1. The van der Waals surface area contributed by atoms with Gasteiger partial charge in [-0.15, -0.1) is 11.3 Å². The molecular formula is C12H14N4O3S. The number of aromatic nitrogens is 2. The summed E-state index contributed by atoms with van der Waals surface area (Å²) >= 11 is 1.26. The normalized spacial score (nSPS) is 14.3. The molecule has 3 heterocycles. The number of nitrogen functional groups attached to an aromatic ring is 1. The van der Waals surface area contributed by atoms with Crippen molar-refractivity contribution >= 4 is 22.4 Å². The molecule has 1 aliphatic rings. The van der Waals surface area contributed by atoms with Crippen LogP contribution in [0.3, 0.4) is 0 Å². The average molecular weight is 294 g/mol. The number of carbonyl (C=O) groups excluding carboxylic acids is 1. The predicted molar refractivity (Wildman–Crippen MR) is 72.2 cm³/mol. The first-order chi connectivity index (χ1) is 9.67. The van der Waals surface area contributed by atoms with E-state index in [1.165, 1.54) is 11.3 Å². The molecule has 0 fully saturated rings. The zero-order chi connectivity index (χ0) is 14.1. The molecule has 0 radical (unpaired) electrons. The molecule has 0 bridgehead atoms. The Balaban J connectivity index is 1.76. The monoisotopic (exact) mass is 294 g/mol. The van der Waals surface area contributed by atoms with Gasteiger partial charge in [-0.1, -0.05) is 0 Å². The number of nitrogens with two attached hydrogens (primary N) is 1. The summed E-state index contributed by atoms with van der Waals surface area (Å²) in [6, 6.07) is 0. The minimum atomic E-state index is -0.125. The van der Waals surface area contributed by atoms with Crippen LogP contribution in [0.25, 0.3) is 0 Å². The summed E-state index contributed by atoms with van der Waals surface area (Å²) in [6.07, 6.45) is 0.650. The van der Waals surface area contributed by atoms with Crippen LogP contribution in [0.1, 0.15) is 27.8 Å². The van der Waals surface area contributed by atoms with Crippen molar-refractivity contribution in [3.05, 3.63) is 28.4 Å². The van der Waals surface area contributed by atoms with Crippen LogP contribution < -0.4 is 5.73 Å². The molecule has 2 aromatic rings. The first-order valence-corrected chi connectivity index (χ1v) is 7.02. The largest absolute Gasteiger partial charge is 0.443 e. The molecule has 3 rings (SSSR count). The molecular weight excluding hydrogens is 280 g/mol. The smallest absolute Gasteiger partial charge is 0.273 e. The molecule has 106 valence electrons. The van der Waals surface area contributed by atoms with Crippen molar-refractivity contribution in [1.82, 2.24) is 14.9 Å². The Morgan fingerprint density at radius 2 is 2.45 bits per heavy atom. The lowest BCUT2D eigenvalue weighted by Gasteiger charge is -2.24. The van der Waals surface area contributed by atoms with Gasteiger partial charge in [-0.25, -0.2) is 9.97 Å². The number of anilines is 1. The van der Waals surface area contributed by atoms with E-state index in [2.05, 4.69) is 9.97 Å². The second-order valence-corrected chi connectivity index (χ2v) is 5.35. The van der Waals surface area contributed by atoms with Gasteiger partial charge in [0.15, 0.2) is 5.13 Å². The molecule has 7 nitrogen and oxygen atoms in total. The van der Waals surface area contributed by atoms with Crippen molar-refractivity contribution in [2.24, 2.45) is 0 Å². The predicted octanol–water partition coefficient (Wildman–Crippen LogP) is 1.06. The summed E-state index contributed by atoms with van der Waals surface area (Å²) < 4.78 is 10.6. The van der Waals surface area contributed by atoms with Gasteiger partial charge in [0.25, 0.3) is 5.91 Å². The number of carbonyl (C=O) groups is 1. The van der Waals surface area contributed by atoms with Crippen LogP contribution in [0, 0.1) is 0 Å². The highest BCUT2D eigenvalue weighted by molar-refractivity contribution is 7.13. The van der Waals surface area contributed by atoms with E-state index in [0.29, 0.717) is 42.8 Å². The van der Waals surface area contributed by atoms with E-state index in [9.17, 15) is 4.79 Å². The molecule has 2 N–H and O–H groups in total. The standard InChI is InChI=1S/C12H14N4O3S/c1-18-5-10-14-7-4-16(3-2-9(7)19-10)11(17)8-6-20-12(13)15-8/h6H,2-5H2,1H3,(H2,13,15). The third-order valence-corrected chi connectivity index (χ3v) is 3.74. The number of nitrogens with zero attached hydrogens (tertiary/aromatic N) is 3. The van der Waals surface area contributed by atoms with E-state index in [4.69, 9.17) is 14.9 Å². The maximum atomic E-state index is 12.3. The summed E-state index contributed by atoms with van der Waals surface area (Å²) in [5.74, 6) is 1.25. The van der Waals surface area contributed by atoms with E-state index in [1.807, 2.05) is 0 Å². The average Bonchev–Trinajstić information content (AvgIpc) is 3.03. The van der Waals surface area contributed by atoms with Gasteiger partial charge < -0.3 is 19.8 Å². The van der Waals surface area contributed by atoms with Crippen LogP contribution in [-0.4, -0.2) is 34.4 Å². The second-order valence-electron chi connectivity index (χ2n) is 4.46. The molecule has 1 amide bonds. The van der Waals surface area contributed by atoms with Gasteiger partial charge in [0.2, 0.25) is 5.89 Å². The SMILES string of the molecule is COCc1nc2c(o1)CCN(C(=O)c1csc(N)n1)C2. The fourth-order valence-electron chi connectivity index (χ4n) is 2.16. The fourth-order valence-corrected chi connectivity index (χ4v) is 2.70. The number of fused-ring (bicyclic) bond motifs is 1. The highest BCUT2D eigenvalue weighted by Gasteiger charge is 2.27. The number of rotatable bonds is 3. The molecule has 2 aromatic heterocycles. The van der Waals surface area contributed by atoms with E-state index in [-0.39, 0.29) is 5.91 Å². The van der Waals surface area contributed by atoms with Crippen LogP contribution in [0.4, 0.5) is 5.13 Å². The lowest BCUT2D eigenvalue weighted by Crippen LogP contribution is -2.36. The molecule has 0 atom stereocenters. The fraction of sp³-hybridized carbons (Fsp3) is 0.417. The van der Waals surface area contributed by atoms with Gasteiger partial charge in [-0.3, -0.25) is 4.79 Å². The molecule has 0 saturated carbocycles. The van der Waals surface area contributed by atoms with Gasteiger partial charge in [-0.2, -0.15) is 0 Å². The summed E-state index contributed by atoms with van der Waals surface area (Å²) in [5, 5.41) is 2.07. The third kappa shape index (κ3) is 2.39. The Bertz CT molecular complexity index is 636. The van der Waals surface area contributed by atoms with Crippen molar-refractivity contribution in [2.45, 2.75) is 19.6 Å². The topological polar surface area (TPSA) is 94.5 Å². The highest BCUT2D eigenvalue weighted by atomic mass is 32.1. The summed E-state index contributed by atoms with van der Waals surface area (Å²) in [5.41, 5.74) is 6.73. The van der Waals surface area contributed by atoms with Crippen LogP contribution >= 0.6 is 11.3 Å². The number of thiazole rings is 1. The first kappa shape index (κ1) is 13.1. The second kappa shape index (κ2) is 5.22. The van der Waals surface area contributed by atoms with Gasteiger partial charge in [0.05, 0.1) is 6.54 Å². The van der Waals surface area contributed by atoms with Gasteiger partial charge in [0, 0.05) is 25.5 Å². The Morgan fingerprint density at radius 3 is 3.15 bits per heavy atom. The van der Waals surface area contributed by atoms with Crippen LogP contribution in [0.5, 0.6) is 0 Å². The maximum absolute atomic E-state index is 12.3. The summed E-state index contributed by atoms with van der Waals surface area (Å²) in [6.45, 7) is 1.35. The van der Waals surface area contributed by atoms with Gasteiger partial charge in [0.1, 0.15) is 23.8 Å². The minimum Gasteiger partial charge on any atom is -0.443 e. The maximum Gasteiger partial charge on any atom is 0.273 e. The Labute approximate surface area is 119 Å². The molecule has 8 heteroatoms. The number of methoxy groups -OCH3 is 1. The molecule has 1 aliphatic heterocycles. The van der Waals surface area contributed by atoms with Crippen LogP contribution in [0.15, 0.2) is 9.80 Å². The number of amides is 1. The molecule has 0 saturated heterocycles. The number of ether oxygens (including phenoxy) is 1. The van der Waals surface area contributed by atoms with Crippen molar-refractivity contribution in [3.8, 4) is 0 Å². The third-order valence-electron chi connectivity index (χ3n) is 3.07. The zero-order valence-corrected chi connectivity index (χ0v) is 11.8. The first-order valence-electron chi connectivity index (χ1n) is 6.14. The lowest BCUT2D eigenvalue weighted by molar-refractivity contribution is 0.0722. The summed E-state index contributed by atoms with van der Waals surface area (Å²) in [4.78, 5) is 22.4.